The fourth-order valence-electron chi connectivity index (χ4n) is 2.22. The Morgan fingerprint density at radius 1 is 1.41 bits per heavy atom. The fraction of sp³-hybridized carbons (Fsp3) is 0.0667. The van der Waals surface area contributed by atoms with Gasteiger partial charge in [0.1, 0.15) is 16.4 Å². The zero-order chi connectivity index (χ0) is 15.7. The first-order valence-corrected chi connectivity index (χ1v) is 6.84. The van der Waals surface area contributed by atoms with E-state index in [-0.39, 0.29) is 17.3 Å². The molecule has 5 nitrogen and oxygen atoms in total. The van der Waals surface area contributed by atoms with Crippen LogP contribution in [0.2, 0.25) is 0 Å². The van der Waals surface area contributed by atoms with Gasteiger partial charge in [0.15, 0.2) is 11.6 Å². The van der Waals surface area contributed by atoms with E-state index in [4.69, 9.17) is 22.7 Å². The van der Waals surface area contributed by atoms with E-state index < -0.39 is 5.82 Å². The van der Waals surface area contributed by atoms with Crippen LogP contribution in [-0.4, -0.2) is 20.1 Å². The fourth-order valence-corrected chi connectivity index (χ4v) is 2.33. The van der Waals surface area contributed by atoms with Gasteiger partial charge in [0.05, 0.1) is 6.61 Å². The molecule has 0 amide bonds. The summed E-state index contributed by atoms with van der Waals surface area (Å²) < 4.78 is 19.9. The van der Waals surface area contributed by atoms with Gasteiger partial charge in [0, 0.05) is 41.0 Å². The molecule has 0 radical (unpaired) electrons. The molecule has 7 heteroatoms. The van der Waals surface area contributed by atoms with Gasteiger partial charge >= 0.3 is 0 Å². The molecule has 0 unspecified atom stereocenters. The minimum absolute atomic E-state index is 0.0327. The van der Waals surface area contributed by atoms with Crippen molar-refractivity contribution in [3.63, 3.8) is 0 Å². The monoisotopic (exact) mass is 317 g/mol. The van der Waals surface area contributed by atoms with E-state index in [0.29, 0.717) is 27.9 Å². The zero-order valence-electron chi connectivity index (χ0n) is 11.3. The lowest BCUT2D eigenvalue weighted by Crippen LogP contribution is -2.11. The van der Waals surface area contributed by atoms with Gasteiger partial charge < -0.3 is 20.6 Å². The highest BCUT2D eigenvalue weighted by molar-refractivity contribution is 7.80. The van der Waals surface area contributed by atoms with Crippen LogP contribution in [0.5, 0.6) is 11.5 Å². The summed E-state index contributed by atoms with van der Waals surface area (Å²) in [5, 5.41) is 10.3. The SMILES string of the molecule is NC(=S)c1cc(Oc2c(F)cc3[nH]ccc3c2CO)ccn1. The molecule has 0 bridgehead atoms. The summed E-state index contributed by atoms with van der Waals surface area (Å²) in [6.45, 7) is -0.352. The molecule has 0 aliphatic heterocycles. The number of nitrogens with two attached hydrogens (primary N) is 1. The summed E-state index contributed by atoms with van der Waals surface area (Å²) in [6.07, 6.45) is 3.14. The molecule has 2 aromatic heterocycles. The van der Waals surface area contributed by atoms with Gasteiger partial charge in [-0.05, 0) is 12.1 Å². The third-order valence-corrected chi connectivity index (χ3v) is 3.44. The van der Waals surface area contributed by atoms with Crippen molar-refractivity contribution in [2.45, 2.75) is 6.61 Å². The molecule has 3 aromatic rings. The summed E-state index contributed by atoms with van der Waals surface area (Å²) in [7, 11) is 0. The van der Waals surface area contributed by atoms with Crippen molar-refractivity contribution in [3.8, 4) is 11.5 Å². The Morgan fingerprint density at radius 3 is 2.95 bits per heavy atom. The Labute approximate surface area is 130 Å². The Morgan fingerprint density at radius 2 is 2.23 bits per heavy atom. The van der Waals surface area contributed by atoms with E-state index in [1.165, 1.54) is 18.3 Å². The van der Waals surface area contributed by atoms with Gasteiger partial charge in [-0.1, -0.05) is 12.2 Å². The number of ether oxygens (including phenoxy) is 1. The quantitative estimate of drug-likeness (QED) is 0.644. The lowest BCUT2D eigenvalue weighted by atomic mass is 10.1. The summed E-state index contributed by atoms with van der Waals surface area (Å²) in [4.78, 5) is 7.01. The highest BCUT2D eigenvalue weighted by Crippen LogP contribution is 2.34. The van der Waals surface area contributed by atoms with Crippen molar-refractivity contribution in [2.75, 3.05) is 0 Å². The van der Waals surface area contributed by atoms with Gasteiger partial charge in [-0.2, -0.15) is 0 Å². The third-order valence-electron chi connectivity index (χ3n) is 3.23. The summed E-state index contributed by atoms with van der Waals surface area (Å²) >= 11 is 4.85. The van der Waals surface area contributed by atoms with Gasteiger partial charge in [-0.15, -0.1) is 0 Å². The normalized spacial score (nSPS) is 10.8. The molecule has 0 saturated carbocycles. The number of nitrogens with one attached hydrogen (secondary N) is 1. The molecule has 22 heavy (non-hydrogen) atoms. The molecule has 4 N–H and O–H groups in total. The number of rotatable bonds is 4. The van der Waals surface area contributed by atoms with Crippen LogP contribution >= 0.6 is 12.2 Å². The number of benzene rings is 1. The second kappa shape index (κ2) is 5.70. The Kier molecular flexibility index (Phi) is 3.74. The van der Waals surface area contributed by atoms with E-state index in [1.807, 2.05) is 0 Å². The van der Waals surface area contributed by atoms with Crippen molar-refractivity contribution in [3.05, 3.63) is 53.7 Å². The molecular formula is C15H12FN3O2S. The molecule has 3 rings (SSSR count). The Hall–Kier alpha value is -2.51. The van der Waals surface area contributed by atoms with E-state index >= 15 is 0 Å². The van der Waals surface area contributed by atoms with E-state index in [0.717, 1.165) is 0 Å². The highest BCUT2D eigenvalue weighted by atomic mass is 32.1. The molecule has 0 spiro atoms. The first kappa shape index (κ1) is 14.4. The minimum Gasteiger partial charge on any atom is -0.454 e. The van der Waals surface area contributed by atoms with Crippen molar-refractivity contribution in [2.24, 2.45) is 5.73 Å². The molecular weight excluding hydrogens is 305 g/mol. The van der Waals surface area contributed by atoms with Crippen molar-refractivity contribution < 1.29 is 14.2 Å². The van der Waals surface area contributed by atoms with Crippen LogP contribution in [0.25, 0.3) is 10.9 Å². The van der Waals surface area contributed by atoms with E-state index in [9.17, 15) is 9.50 Å². The molecule has 0 atom stereocenters. The molecule has 1 aromatic carbocycles. The number of pyridine rings is 1. The topological polar surface area (TPSA) is 84.2 Å². The number of hydrogen-bond acceptors (Lipinski definition) is 4. The van der Waals surface area contributed by atoms with Crippen LogP contribution in [0.3, 0.4) is 0 Å². The van der Waals surface area contributed by atoms with Gasteiger partial charge in [0.2, 0.25) is 0 Å². The number of aromatic amines is 1. The summed E-state index contributed by atoms with van der Waals surface area (Å²) in [6, 6.07) is 6.15. The van der Waals surface area contributed by atoms with Crippen molar-refractivity contribution in [1.29, 1.82) is 0 Å². The largest absolute Gasteiger partial charge is 0.454 e. The molecule has 0 aliphatic rings. The zero-order valence-corrected chi connectivity index (χ0v) is 12.2. The van der Waals surface area contributed by atoms with Crippen LogP contribution in [0.4, 0.5) is 4.39 Å². The second-order valence-corrected chi connectivity index (χ2v) is 5.05. The predicted molar refractivity (Wildman–Crippen MR) is 84.4 cm³/mol. The first-order valence-electron chi connectivity index (χ1n) is 6.43. The maximum atomic E-state index is 14.3. The Balaban J connectivity index is 2.08. The number of aromatic nitrogens is 2. The van der Waals surface area contributed by atoms with Crippen molar-refractivity contribution in [1.82, 2.24) is 9.97 Å². The Bertz CT molecular complexity index is 863. The minimum atomic E-state index is -0.576. The predicted octanol–water partition coefficient (Wildman–Crippen LogP) is 2.62. The summed E-state index contributed by atoms with van der Waals surface area (Å²) in [5.74, 6) is -0.274. The maximum absolute atomic E-state index is 14.3. The first-order chi connectivity index (χ1) is 10.6. The molecule has 0 saturated heterocycles. The number of thiocarbonyl (C=S) groups is 1. The average molecular weight is 317 g/mol. The molecule has 2 heterocycles. The smallest absolute Gasteiger partial charge is 0.169 e. The van der Waals surface area contributed by atoms with E-state index in [1.54, 1.807) is 18.3 Å². The lowest BCUT2D eigenvalue weighted by molar-refractivity contribution is 0.276. The number of fused-ring (bicyclic) bond motifs is 1. The van der Waals surface area contributed by atoms with Crippen LogP contribution in [0, 0.1) is 5.82 Å². The number of hydrogen-bond donors (Lipinski definition) is 3. The van der Waals surface area contributed by atoms with Crippen LogP contribution in [0.15, 0.2) is 36.7 Å². The van der Waals surface area contributed by atoms with E-state index in [2.05, 4.69) is 9.97 Å². The van der Waals surface area contributed by atoms with Crippen LogP contribution < -0.4 is 10.5 Å². The van der Waals surface area contributed by atoms with Crippen LogP contribution in [0.1, 0.15) is 11.3 Å². The third kappa shape index (κ3) is 2.51. The van der Waals surface area contributed by atoms with Gasteiger partial charge in [-0.3, -0.25) is 4.98 Å². The highest BCUT2D eigenvalue weighted by Gasteiger charge is 2.16. The number of nitrogens with zero attached hydrogens (tertiary/aromatic N) is 1. The summed E-state index contributed by atoms with van der Waals surface area (Å²) in [5.41, 5.74) is 6.85. The van der Waals surface area contributed by atoms with Crippen LogP contribution in [-0.2, 0) is 6.61 Å². The number of aliphatic hydroxyl groups is 1. The second-order valence-electron chi connectivity index (χ2n) is 4.61. The van der Waals surface area contributed by atoms with Crippen molar-refractivity contribution >= 4 is 28.1 Å². The van der Waals surface area contributed by atoms with Gasteiger partial charge in [0.25, 0.3) is 0 Å². The number of halogens is 1. The van der Waals surface area contributed by atoms with Gasteiger partial charge in [-0.25, -0.2) is 4.39 Å². The molecule has 0 aliphatic carbocycles. The number of aliphatic hydroxyl groups excluding tert-OH is 1. The molecule has 112 valence electrons. The molecule has 0 fully saturated rings. The lowest BCUT2D eigenvalue weighted by Gasteiger charge is -2.12. The standard InChI is InChI=1S/C15H12FN3O2S/c16-11-6-12-9(2-4-18-12)10(7-20)14(11)21-8-1-3-19-13(5-8)15(17)22/h1-6,18,20H,7H2,(H2,17,22). The average Bonchev–Trinajstić information content (AvgIpc) is 2.96. The maximum Gasteiger partial charge on any atom is 0.169 e. The number of H-pyrrole nitrogens is 1.